The fourth-order valence-electron chi connectivity index (χ4n) is 3.18. The van der Waals surface area contributed by atoms with Crippen molar-refractivity contribution in [3.8, 4) is 0 Å². The lowest BCUT2D eigenvalue weighted by atomic mass is 9.92. The summed E-state index contributed by atoms with van der Waals surface area (Å²) in [7, 11) is 0. The van der Waals surface area contributed by atoms with Crippen molar-refractivity contribution in [1.82, 2.24) is 5.32 Å². The normalized spacial score (nSPS) is 23.6. The Morgan fingerprint density at radius 2 is 2.05 bits per heavy atom. The van der Waals surface area contributed by atoms with Gasteiger partial charge >= 0.3 is 0 Å². The largest absolute Gasteiger partial charge is 0.323 e. The van der Waals surface area contributed by atoms with E-state index in [1.807, 2.05) is 13.0 Å². The molecule has 1 aliphatic heterocycles. The van der Waals surface area contributed by atoms with E-state index in [9.17, 15) is 4.79 Å². The van der Waals surface area contributed by atoms with E-state index in [-0.39, 0.29) is 17.2 Å². The molecule has 5 heteroatoms. The Hall–Kier alpha value is -0.770. The second kappa shape index (κ2) is 5.21. The molecule has 1 saturated heterocycles. The van der Waals surface area contributed by atoms with Gasteiger partial charge in [-0.1, -0.05) is 29.3 Å². The van der Waals surface area contributed by atoms with Crippen LogP contribution in [0.4, 0.5) is 5.69 Å². The number of piperidine rings is 1. The summed E-state index contributed by atoms with van der Waals surface area (Å²) in [6.07, 6.45) is 3.16. The Balaban J connectivity index is 1.73. The van der Waals surface area contributed by atoms with Crippen LogP contribution in [0.5, 0.6) is 0 Å². The van der Waals surface area contributed by atoms with E-state index >= 15 is 0 Å². The highest BCUT2D eigenvalue weighted by atomic mass is 35.5. The maximum absolute atomic E-state index is 12.4. The van der Waals surface area contributed by atoms with Gasteiger partial charge in [-0.3, -0.25) is 4.79 Å². The van der Waals surface area contributed by atoms with Crippen molar-refractivity contribution >= 4 is 34.8 Å². The first-order chi connectivity index (χ1) is 9.53. The maximum Gasteiger partial charge on any atom is 0.228 e. The van der Waals surface area contributed by atoms with Gasteiger partial charge in [0.25, 0.3) is 0 Å². The molecule has 2 aliphatic rings. The smallest absolute Gasteiger partial charge is 0.228 e. The van der Waals surface area contributed by atoms with Gasteiger partial charge in [0.2, 0.25) is 5.91 Å². The van der Waals surface area contributed by atoms with E-state index in [1.165, 1.54) is 0 Å². The molecule has 1 aromatic carbocycles. The third kappa shape index (κ3) is 2.43. The minimum absolute atomic E-state index is 0.0568. The molecule has 1 atom stereocenters. The summed E-state index contributed by atoms with van der Waals surface area (Å²) in [5, 5.41) is 7.30. The second-order valence-corrected chi connectivity index (χ2v) is 6.70. The number of halogens is 2. The quantitative estimate of drug-likeness (QED) is 0.875. The van der Waals surface area contributed by atoms with Crippen LogP contribution in [-0.4, -0.2) is 19.0 Å². The summed E-state index contributed by atoms with van der Waals surface area (Å²) in [6.45, 7) is 3.92. The molecule has 2 fully saturated rings. The molecule has 1 saturated carbocycles. The number of carbonyl (C=O) groups excluding carboxylic acids is 1. The van der Waals surface area contributed by atoms with Crippen molar-refractivity contribution in [2.24, 2.45) is 11.3 Å². The zero-order valence-corrected chi connectivity index (χ0v) is 12.9. The van der Waals surface area contributed by atoms with Gasteiger partial charge in [0, 0.05) is 5.92 Å². The lowest BCUT2D eigenvalue weighted by molar-refractivity contribution is -0.118. The Morgan fingerprint density at radius 3 is 2.75 bits per heavy atom. The molecule has 2 N–H and O–H groups in total. The van der Waals surface area contributed by atoms with Gasteiger partial charge in [-0.2, -0.15) is 0 Å². The molecule has 0 aromatic heterocycles. The van der Waals surface area contributed by atoms with Crippen molar-refractivity contribution in [3.05, 3.63) is 27.7 Å². The van der Waals surface area contributed by atoms with E-state index in [0.29, 0.717) is 15.7 Å². The van der Waals surface area contributed by atoms with Crippen LogP contribution in [0, 0.1) is 18.3 Å². The summed E-state index contributed by atoms with van der Waals surface area (Å²) in [5.41, 5.74) is 1.69. The number of amides is 1. The number of hydrogen-bond acceptors (Lipinski definition) is 2. The molecule has 1 aliphatic carbocycles. The van der Waals surface area contributed by atoms with Crippen molar-refractivity contribution < 1.29 is 4.79 Å². The Morgan fingerprint density at radius 1 is 1.35 bits per heavy atom. The van der Waals surface area contributed by atoms with Crippen LogP contribution in [-0.2, 0) is 4.79 Å². The monoisotopic (exact) mass is 312 g/mol. The van der Waals surface area contributed by atoms with Gasteiger partial charge in [-0.25, -0.2) is 0 Å². The third-order valence-electron chi connectivity index (χ3n) is 4.64. The van der Waals surface area contributed by atoms with Gasteiger partial charge < -0.3 is 10.6 Å². The average molecular weight is 313 g/mol. The molecule has 108 valence electrons. The molecule has 0 bridgehead atoms. The molecule has 20 heavy (non-hydrogen) atoms. The Labute approximate surface area is 129 Å². The predicted octanol–water partition coefficient (Wildman–Crippen LogP) is 3.63. The van der Waals surface area contributed by atoms with E-state index in [2.05, 4.69) is 10.6 Å². The Bertz CT molecular complexity index is 553. The van der Waals surface area contributed by atoms with E-state index < -0.39 is 0 Å². The molecule has 1 spiro atoms. The van der Waals surface area contributed by atoms with Crippen LogP contribution in [0.3, 0.4) is 0 Å². The first-order valence-electron chi connectivity index (χ1n) is 7.00. The summed E-state index contributed by atoms with van der Waals surface area (Å²) in [4.78, 5) is 12.4. The molecule has 3 nitrogen and oxygen atoms in total. The lowest BCUT2D eigenvalue weighted by Gasteiger charge is -2.23. The highest BCUT2D eigenvalue weighted by molar-refractivity contribution is 6.40. The predicted molar refractivity (Wildman–Crippen MR) is 82.5 cm³/mol. The zero-order chi connectivity index (χ0) is 14.3. The van der Waals surface area contributed by atoms with Gasteiger partial charge in [0.1, 0.15) is 0 Å². The SMILES string of the molecule is Cc1ccc(Cl)c(NC(=O)C2CC23CCNCC3)c1Cl. The molecule has 1 heterocycles. The molecule has 0 radical (unpaired) electrons. The minimum Gasteiger partial charge on any atom is -0.323 e. The summed E-state index contributed by atoms with van der Waals surface area (Å²) in [6, 6.07) is 3.62. The lowest BCUT2D eigenvalue weighted by Crippen LogP contribution is -2.31. The third-order valence-corrected chi connectivity index (χ3v) is 5.44. The number of anilines is 1. The van der Waals surface area contributed by atoms with Gasteiger partial charge in [0.05, 0.1) is 15.7 Å². The zero-order valence-electron chi connectivity index (χ0n) is 11.4. The first-order valence-corrected chi connectivity index (χ1v) is 7.75. The molecule has 3 rings (SSSR count). The van der Waals surface area contributed by atoms with E-state index in [0.717, 1.165) is 37.9 Å². The number of benzene rings is 1. The molecular formula is C15H18Cl2N2O. The van der Waals surface area contributed by atoms with E-state index in [4.69, 9.17) is 23.2 Å². The standard InChI is InChI=1S/C15H18Cl2N2O/c1-9-2-3-11(16)13(12(9)17)19-14(20)10-8-15(10)4-6-18-7-5-15/h2-3,10,18H,4-8H2,1H3,(H,19,20). The average Bonchev–Trinajstić information content (AvgIpc) is 3.13. The van der Waals surface area contributed by atoms with Crippen molar-refractivity contribution in [2.75, 3.05) is 18.4 Å². The van der Waals surface area contributed by atoms with Crippen molar-refractivity contribution in [1.29, 1.82) is 0 Å². The fourth-order valence-corrected chi connectivity index (χ4v) is 3.64. The highest BCUT2D eigenvalue weighted by Gasteiger charge is 2.57. The van der Waals surface area contributed by atoms with Crippen LogP contribution in [0.25, 0.3) is 0 Å². The van der Waals surface area contributed by atoms with Crippen molar-refractivity contribution in [2.45, 2.75) is 26.2 Å². The molecule has 1 unspecified atom stereocenters. The summed E-state index contributed by atoms with van der Waals surface area (Å²) < 4.78 is 0. The number of aryl methyl sites for hydroxylation is 1. The minimum atomic E-state index is 0.0568. The molecular weight excluding hydrogens is 295 g/mol. The summed E-state index contributed by atoms with van der Waals surface area (Å²) in [5.74, 6) is 0.165. The number of carbonyl (C=O) groups is 1. The number of rotatable bonds is 2. The van der Waals surface area contributed by atoms with Gasteiger partial charge in [-0.05, 0) is 56.3 Å². The van der Waals surface area contributed by atoms with Crippen LogP contribution in [0.15, 0.2) is 12.1 Å². The number of hydrogen-bond donors (Lipinski definition) is 2. The van der Waals surface area contributed by atoms with Crippen LogP contribution >= 0.6 is 23.2 Å². The highest BCUT2D eigenvalue weighted by Crippen LogP contribution is 2.59. The maximum atomic E-state index is 12.4. The molecule has 1 amide bonds. The molecule has 1 aromatic rings. The van der Waals surface area contributed by atoms with Crippen LogP contribution in [0.1, 0.15) is 24.8 Å². The summed E-state index contributed by atoms with van der Waals surface area (Å²) >= 11 is 12.4. The van der Waals surface area contributed by atoms with Gasteiger partial charge in [-0.15, -0.1) is 0 Å². The van der Waals surface area contributed by atoms with Crippen molar-refractivity contribution in [3.63, 3.8) is 0 Å². The first kappa shape index (κ1) is 14.2. The topological polar surface area (TPSA) is 41.1 Å². The van der Waals surface area contributed by atoms with E-state index in [1.54, 1.807) is 6.07 Å². The second-order valence-electron chi connectivity index (χ2n) is 5.91. The number of nitrogens with one attached hydrogen (secondary N) is 2. The van der Waals surface area contributed by atoms with Crippen LogP contribution < -0.4 is 10.6 Å². The Kier molecular flexibility index (Phi) is 3.69. The van der Waals surface area contributed by atoms with Gasteiger partial charge in [0.15, 0.2) is 0 Å². The van der Waals surface area contributed by atoms with Crippen LogP contribution in [0.2, 0.25) is 10.0 Å². The fraction of sp³-hybridized carbons (Fsp3) is 0.533.